The fourth-order valence-corrected chi connectivity index (χ4v) is 10.6. The van der Waals surface area contributed by atoms with Crippen LogP contribution in [0.2, 0.25) is 0 Å². The molecule has 0 saturated heterocycles. The molecular formula is C30H26N8Na6O27S9. The molecule has 0 bridgehead atoms. The number of nitrogen functional groups attached to an aromatic ring is 2. The number of hydrogen-bond donors (Lipinski definition) is 2. The summed E-state index contributed by atoms with van der Waals surface area (Å²) in [5.74, 6) is -2.60. The molecule has 80 heavy (non-hydrogen) atoms. The minimum Gasteiger partial charge on any atom is -0.744 e. The second-order valence-corrected chi connectivity index (χ2v) is 24.2. The normalized spacial score (nSPS) is 11.9. The molecule has 4 aromatic carbocycles. The van der Waals surface area contributed by atoms with Gasteiger partial charge in [-0.3, -0.25) is 22.6 Å². The van der Waals surface area contributed by atoms with Crippen molar-refractivity contribution >= 4 is 141 Å². The molecule has 50 heteroatoms. The van der Waals surface area contributed by atoms with Crippen molar-refractivity contribution in [2.75, 3.05) is 48.5 Å². The number of benzene rings is 4. The van der Waals surface area contributed by atoms with Crippen LogP contribution in [-0.4, -0.2) is 114 Å². The van der Waals surface area contributed by atoms with Crippen molar-refractivity contribution in [2.45, 2.75) is 24.5 Å². The summed E-state index contributed by atoms with van der Waals surface area (Å²) in [6.45, 7) is -2.25. The Morgan fingerprint density at radius 3 is 1.21 bits per heavy atom. The third-order valence-corrected chi connectivity index (χ3v) is 16.0. The van der Waals surface area contributed by atoms with Crippen LogP contribution in [0.3, 0.4) is 0 Å². The van der Waals surface area contributed by atoms with Gasteiger partial charge < -0.3 is 35.6 Å². The van der Waals surface area contributed by atoms with Gasteiger partial charge in [0.2, 0.25) is 10.4 Å². The largest absolute Gasteiger partial charge is 1.00 e. The smallest absolute Gasteiger partial charge is 0.744 e. The second kappa shape index (κ2) is 40.4. The van der Waals surface area contributed by atoms with Gasteiger partial charge in [-0.15, -0.1) is 52.9 Å². The van der Waals surface area contributed by atoms with Gasteiger partial charge in [-0.1, -0.05) is 0 Å². The van der Waals surface area contributed by atoms with Gasteiger partial charge in [-0.05, 0) is 53.0 Å². The number of sulfone groups is 3. The molecule has 0 aliphatic rings. The average molecular weight is 1360 g/mol. The van der Waals surface area contributed by atoms with Crippen LogP contribution >= 0.6 is 24.6 Å². The van der Waals surface area contributed by atoms with Crippen molar-refractivity contribution in [1.82, 2.24) is 0 Å². The van der Waals surface area contributed by atoms with E-state index in [9.17, 15) is 74.7 Å². The van der Waals surface area contributed by atoms with Gasteiger partial charge in [0.25, 0.3) is 0 Å². The maximum Gasteiger partial charge on any atom is 1.00 e. The predicted molar refractivity (Wildman–Crippen MR) is 235 cm³/mol. The molecule has 0 unspecified atom stereocenters. The van der Waals surface area contributed by atoms with Crippen LogP contribution in [0.15, 0.2) is 116 Å². The molecule has 0 radical (unpaired) electrons. The molecule has 0 spiro atoms. The van der Waals surface area contributed by atoms with E-state index in [1.54, 1.807) is 0 Å². The van der Waals surface area contributed by atoms with Gasteiger partial charge in [0.05, 0.1) is 68.0 Å². The molecule has 0 saturated carbocycles. The first-order valence-electron chi connectivity index (χ1n) is 18.1. The Bertz CT molecular complexity index is 3440. The first kappa shape index (κ1) is 87.3. The summed E-state index contributed by atoms with van der Waals surface area (Å²) in [5.41, 5.74) is 7.98. The zero-order chi connectivity index (χ0) is 55.7. The van der Waals surface area contributed by atoms with E-state index in [2.05, 4.69) is 68.0 Å². The van der Waals surface area contributed by atoms with E-state index in [1.807, 2.05) is 0 Å². The van der Waals surface area contributed by atoms with Crippen molar-refractivity contribution in [3.63, 3.8) is 0 Å². The summed E-state index contributed by atoms with van der Waals surface area (Å²) < 4.78 is 229. The number of hydrogen-bond acceptors (Lipinski definition) is 37. The molecule has 0 aliphatic carbocycles. The van der Waals surface area contributed by atoms with Crippen LogP contribution in [0.25, 0.3) is 0 Å². The number of nitrogens with zero attached hydrogens (tertiary/aromatic N) is 6. The zero-order valence-corrected chi connectivity index (χ0v) is 60.9. The third kappa shape index (κ3) is 30.2. The van der Waals surface area contributed by atoms with Crippen molar-refractivity contribution < 1.29 is 296 Å². The van der Waals surface area contributed by atoms with Gasteiger partial charge in [0.15, 0.2) is 44.3 Å². The summed E-state index contributed by atoms with van der Waals surface area (Å²) in [7, 11) is -32.4. The maximum absolute atomic E-state index is 12.8. The fraction of sp³-hybridized carbons (Fsp3) is 0.200. The molecule has 0 aromatic heterocycles. The SMILES string of the molecule is Nc1c(N=Nc2ccc(S(=O)(=O)CCOSOO[O-])cc2S(=O)(=O)[O-])cc(N=Nc2ccc(S(=O)(=O)CCOSOO[O-])cc2S(=O)(=O)[O-])c(N)c1N=Nc1[c-]cc(S(=O)(=O)CCOS(=O)(=O)[O-])cc1.O=S(=O)=O.[Na+].[Na+].[Na+].[Na+].[Na+].[Na+]. The molecule has 408 valence electrons. The average Bonchev–Trinajstić information content (AvgIpc) is 3.29. The van der Waals surface area contributed by atoms with E-state index in [0.29, 0.717) is 12.1 Å². The molecule has 0 heterocycles. The quantitative estimate of drug-likeness (QED) is 0.00535. The Morgan fingerprint density at radius 1 is 0.500 bits per heavy atom. The Labute approximate surface area is 597 Å². The Balaban J connectivity index is -0.00000279. The van der Waals surface area contributed by atoms with Gasteiger partial charge in [0, 0.05) is 0 Å². The van der Waals surface area contributed by atoms with Crippen LogP contribution in [0.4, 0.5) is 45.5 Å². The molecule has 0 aliphatic heterocycles. The van der Waals surface area contributed by atoms with Crippen molar-refractivity contribution in [3.05, 3.63) is 66.7 Å². The minimum absolute atomic E-state index is 0. The molecule has 0 fully saturated rings. The van der Waals surface area contributed by atoms with Gasteiger partial charge in [0.1, 0.15) is 58.5 Å². The van der Waals surface area contributed by atoms with Crippen molar-refractivity contribution in [2.24, 2.45) is 30.7 Å². The summed E-state index contributed by atoms with van der Waals surface area (Å²) in [6.07, 6.45) is 0. The Morgan fingerprint density at radius 2 is 0.863 bits per heavy atom. The standard InChI is InChI=1S/C30H31N8O24S8.6Na.O3S/c31-28-24(36-34-22-7-5-20(15-26(22)68(47,48)49)66(43,44)12-9-56-63-61-59-39)17-25(29(32)30(28)38-33-18-1-3-19(4-2-18)65(41,42)14-11-58-70(53,54)55)37-35-23-8-6-21(16-27(23)69(50,51)52)67(45,46)13-10-57-64-62-60-40;;;;;;;1-4(2)3/h1,3-8,15-17,39-40H,9-14,31-32H2,(H,47,48,49)(H,50,51,52)(H,53,54,55);;;;;;;/q-1;6*+1;/p-5. The first-order chi connectivity index (χ1) is 34.3. The maximum atomic E-state index is 12.8. The number of rotatable bonds is 27. The van der Waals surface area contributed by atoms with E-state index in [1.165, 1.54) is 0 Å². The molecule has 4 N–H and O–H groups in total. The summed E-state index contributed by atoms with van der Waals surface area (Å²) in [5, 5.41) is 48.6. The summed E-state index contributed by atoms with van der Waals surface area (Å²) in [6, 6.07) is 10.3. The predicted octanol–water partition coefficient (Wildman–Crippen LogP) is -17.9. The monoisotopic (exact) mass is 1360 g/mol. The van der Waals surface area contributed by atoms with Crippen molar-refractivity contribution in [1.29, 1.82) is 0 Å². The van der Waals surface area contributed by atoms with Gasteiger partial charge in [-0.2, -0.15) is 23.3 Å². The van der Waals surface area contributed by atoms with Crippen LogP contribution in [0.1, 0.15) is 0 Å². The first-order valence-corrected chi connectivity index (χ1v) is 29.5. The summed E-state index contributed by atoms with van der Waals surface area (Å²) in [4.78, 5) is -4.31. The molecule has 35 nitrogen and oxygen atoms in total. The molecular weight excluding hydrogens is 1330 g/mol. The molecule has 0 atom stereocenters. The van der Waals surface area contributed by atoms with Crippen LogP contribution in [-0.2, 0) is 102 Å². The Kier molecular flexibility index (Phi) is 44.0. The minimum atomic E-state index is -5.54. The van der Waals surface area contributed by atoms with E-state index < -0.39 is 172 Å². The second-order valence-electron chi connectivity index (χ2n) is 12.7. The van der Waals surface area contributed by atoms with E-state index in [0.717, 1.165) is 48.5 Å². The molecule has 0 amide bonds. The van der Waals surface area contributed by atoms with E-state index in [4.69, 9.17) is 24.1 Å². The van der Waals surface area contributed by atoms with E-state index >= 15 is 0 Å². The van der Waals surface area contributed by atoms with Gasteiger partial charge in [-0.25, -0.2) is 50.5 Å². The van der Waals surface area contributed by atoms with Crippen LogP contribution < -0.4 is 199 Å². The molecule has 4 aromatic rings. The van der Waals surface area contributed by atoms with E-state index in [-0.39, 0.29) is 208 Å². The number of anilines is 2. The van der Waals surface area contributed by atoms with Crippen LogP contribution in [0, 0.1) is 6.07 Å². The fourth-order valence-electron chi connectivity index (χ4n) is 4.88. The topological polar surface area (TPSA) is 562 Å². The number of azo groups is 3. The summed E-state index contributed by atoms with van der Waals surface area (Å²) >= 11 is -0.0285. The van der Waals surface area contributed by atoms with Crippen molar-refractivity contribution in [3.8, 4) is 0 Å². The van der Waals surface area contributed by atoms with Gasteiger partial charge >= 0.3 is 188 Å². The third-order valence-electron chi connectivity index (χ3n) is 8.03. The number of nitrogens with two attached hydrogens (primary N) is 2. The zero-order valence-electron chi connectivity index (χ0n) is 41.6. The van der Waals surface area contributed by atoms with Crippen LogP contribution in [0.5, 0.6) is 0 Å². The Hall–Kier alpha value is 0.820. The molecule has 4 rings (SSSR count).